The number of carbonyl (C=O) groups excluding carboxylic acids is 2. The molecule has 0 bridgehead atoms. The van der Waals surface area contributed by atoms with Crippen LogP contribution in [0.15, 0.2) is 36.4 Å². The lowest BCUT2D eigenvalue weighted by atomic mass is 9.89. The Bertz CT molecular complexity index is 816. The van der Waals surface area contributed by atoms with E-state index in [9.17, 15) is 14.0 Å². The van der Waals surface area contributed by atoms with E-state index < -0.39 is 11.7 Å². The van der Waals surface area contributed by atoms with Crippen LogP contribution in [0.4, 0.5) is 15.8 Å². The number of benzene rings is 2. The van der Waals surface area contributed by atoms with Gasteiger partial charge in [0, 0.05) is 36.0 Å². The van der Waals surface area contributed by atoms with Gasteiger partial charge >= 0.3 is 0 Å². The van der Waals surface area contributed by atoms with E-state index in [2.05, 4.69) is 10.6 Å². The minimum absolute atomic E-state index is 0.00836. The highest BCUT2D eigenvalue weighted by Gasteiger charge is 2.31. The lowest BCUT2D eigenvalue weighted by molar-refractivity contribution is -0.123. The predicted molar refractivity (Wildman–Crippen MR) is 90.6 cm³/mol. The van der Waals surface area contributed by atoms with Crippen molar-refractivity contribution < 1.29 is 23.5 Å². The number of anilines is 2. The molecule has 1 aliphatic rings. The van der Waals surface area contributed by atoms with Crippen LogP contribution in [-0.4, -0.2) is 26.0 Å². The first-order valence-electron chi connectivity index (χ1n) is 7.63. The molecule has 6 nitrogen and oxygen atoms in total. The summed E-state index contributed by atoms with van der Waals surface area (Å²) in [5.74, 6) is -0.823. The molecule has 1 aliphatic heterocycles. The van der Waals surface area contributed by atoms with Crippen molar-refractivity contribution in [3.8, 4) is 11.5 Å². The van der Waals surface area contributed by atoms with E-state index >= 15 is 0 Å². The van der Waals surface area contributed by atoms with Crippen molar-refractivity contribution in [2.75, 3.05) is 24.9 Å². The number of carbonyl (C=O) groups is 2. The Hall–Kier alpha value is -3.09. The molecule has 0 spiro atoms. The highest BCUT2D eigenvalue weighted by molar-refractivity contribution is 6.05. The summed E-state index contributed by atoms with van der Waals surface area (Å²) in [4.78, 5) is 24.5. The topological polar surface area (TPSA) is 76.7 Å². The van der Waals surface area contributed by atoms with E-state index in [0.717, 1.165) is 0 Å². The zero-order valence-electron chi connectivity index (χ0n) is 13.8. The number of hydrogen-bond donors (Lipinski definition) is 2. The van der Waals surface area contributed by atoms with Crippen LogP contribution in [0.1, 0.15) is 17.9 Å². The summed E-state index contributed by atoms with van der Waals surface area (Å²) in [6, 6.07) is 8.97. The summed E-state index contributed by atoms with van der Waals surface area (Å²) in [7, 11) is 3.02. The van der Waals surface area contributed by atoms with Gasteiger partial charge in [0.05, 0.1) is 20.1 Å². The highest BCUT2D eigenvalue weighted by atomic mass is 19.1. The molecule has 130 valence electrons. The summed E-state index contributed by atoms with van der Waals surface area (Å²) < 4.78 is 23.7. The maximum Gasteiger partial charge on any atom is 0.232 e. The molecular formula is C18H17FN2O4. The minimum Gasteiger partial charge on any atom is -0.497 e. The molecule has 2 amide bonds. The van der Waals surface area contributed by atoms with Crippen LogP contribution < -0.4 is 20.1 Å². The molecule has 0 aliphatic carbocycles. The Morgan fingerprint density at radius 3 is 2.48 bits per heavy atom. The standard InChI is InChI=1S/C18H17FN2O4/c1-24-12-6-11(7-13(8-12)25-2)20-18(23)15-9-17(22)21-16-5-10(19)3-4-14(15)16/h3-8,15H,9H2,1-2H3,(H,20,23)(H,21,22)/t15-/m0/s1. The van der Waals surface area contributed by atoms with Crippen LogP contribution in [0, 0.1) is 5.82 Å². The average molecular weight is 344 g/mol. The van der Waals surface area contributed by atoms with Crippen molar-refractivity contribution in [2.45, 2.75) is 12.3 Å². The molecule has 25 heavy (non-hydrogen) atoms. The van der Waals surface area contributed by atoms with Gasteiger partial charge in [0.15, 0.2) is 0 Å². The van der Waals surface area contributed by atoms with Gasteiger partial charge in [-0.2, -0.15) is 0 Å². The van der Waals surface area contributed by atoms with Gasteiger partial charge in [-0.15, -0.1) is 0 Å². The van der Waals surface area contributed by atoms with E-state index in [0.29, 0.717) is 28.4 Å². The molecule has 0 saturated heterocycles. The van der Waals surface area contributed by atoms with E-state index in [1.807, 2.05) is 0 Å². The summed E-state index contributed by atoms with van der Waals surface area (Å²) >= 11 is 0. The molecule has 1 heterocycles. The fraction of sp³-hybridized carbons (Fsp3) is 0.222. The molecule has 2 N–H and O–H groups in total. The molecule has 7 heteroatoms. The van der Waals surface area contributed by atoms with Gasteiger partial charge in [-0.3, -0.25) is 9.59 Å². The van der Waals surface area contributed by atoms with Gasteiger partial charge < -0.3 is 20.1 Å². The number of rotatable bonds is 4. The van der Waals surface area contributed by atoms with Crippen molar-refractivity contribution in [2.24, 2.45) is 0 Å². The van der Waals surface area contributed by atoms with Crippen LogP contribution in [0.25, 0.3) is 0 Å². The van der Waals surface area contributed by atoms with Crippen molar-refractivity contribution in [3.05, 3.63) is 47.8 Å². The maximum absolute atomic E-state index is 13.4. The quantitative estimate of drug-likeness (QED) is 0.894. The normalized spacial score (nSPS) is 15.8. The number of nitrogens with one attached hydrogen (secondary N) is 2. The lowest BCUT2D eigenvalue weighted by Crippen LogP contribution is -2.30. The van der Waals surface area contributed by atoms with E-state index in [-0.39, 0.29) is 18.2 Å². The van der Waals surface area contributed by atoms with Crippen molar-refractivity contribution >= 4 is 23.2 Å². The van der Waals surface area contributed by atoms with Crippen LogP contribution in [-0.2, 0) is 9.59 Å². The molecule has 0 unspecified atom stereocenters. The molecule has 0 aromatic heterocycles. The van der Waals surface area contributed by atoms with Gasteiger partial charge in [0.25, 0.3) is 0 Å². The Morgan fingerprint density at radius 2 is 1.84 bits per heavy atom. The van der Waals surface area contributed by atoms with Crippen molar-refractivity contribution in [3.63, 3.8) is 0 Å². The second kappa shape index (κ2) is 6.80. The van der Waals surface area contributed by atoms with Gasteiger partial charge in [-0.05, 0) is 17.7 Å². The Kier molecular flexibility index (Phi) is 4.56. The average Bonchev–Trinajstić information content (AvgIpc) is 2.60. The van der Waals surface area contributed by atoms with Crippen molar-refractivity contribution in [1.82, 2.24) is 0 Å². The van der Waals surface area contributed by atoms with Crippen LogP contribution in [0.5, 0.6) is 11.5 Å². The minimum atomic E-state index is -0.707. The zero-order valence-corrected chi connectivity index (χ0v) is 13.8. The second-order valence-corrected chi connectivity index (χ2v) is 5.63. The van der Waals surface area contributed by atoms with Gasteiger partial charge in [-0.25, -0.2) is 4.39 Å². The SMILES string of the molecule is COc1cc(NC(=O)[C@H]2CC(=O)Nc3cc(F)ccc32)cc(OC)c1. The zero-order chi connectivity index (χ0) is 18.0. The van der Waals surface area contributed by atoms with E-state index in [1.165, 1.54) is 32.4 Å². The Morgan fingerprint density at radius 1 is 1.16 bits per heavy atom. The number of halogens is 1. The summed E-state index contributed by atoms with van der Waals surface area (Å²) in [6.45, 7) is 0. The van der Waals surface area contributed by atoms with Crippen LogP contribution >= 0.6 is 0 Å². The third-order valence-corrected chi connectivity index (χ3v) is 3.99. The molecule has 3 rings (SSSR count). The molecule has 0 fully saturated rings. The lowest BCUT2D eigenvalue weighted by Gasteiger charge is -2.25. The third-order valence-electron chi connectivity index (χ3n) is 3.99. The number of fused-ring (bicyclic) bond motifs is 1. The summed E-state index contributed by atoms with van der Waals surface area (Å²) in [5, 5.41) is 5.35. The van der Waals surface area contributed by atoms with Gasteiger partial charge in [0.2, 0.25) is 11.8 Å². The molecule has 0 saturated carbocycles. The van der Waals surface area contributed by atoms with Gasteiger partial charge in [0.1, 0.15) is 17.3 Å². The first-order chi connectivity index (χ1) is 12.0. The number of amides is 2. The fourth-order valence-corrected chi connectivity index (χ4v) is 2.78. The van der Waals surface area contributed by atoms with Crippen molar-refractivity contribution in [1.29, 1.82) is 0 Å². The first kappa shape index (κ1) is 16.8. The van der Waals surface area contributed by atoms with Crippen LogP contribution in [0.2, 0.25) is 0 Å². The third kappa shape index (κ3) is 3.55. The summed E-state index contributed by atoms with van der Waals surface area (Å²) in [5.41, 5.74) is 1.38. The fourth-order valence-electron chi connectivity index (χ4n) is 2.78. The van der Waals surface area contributed by atoms with Crippen LogP contribution in [0.3, 0.4) is 0 Å². The molecule has 2 aromatic carbocycles. The smallest absolute Gasteiger partial charge is 0.232 e. The second-order valence-electron chi connectivity index (χ2n) is 5.63. The number of methoxy groups -OCH3 is 2. The Balaban J connectivity index is 1.88. The molecular weight excluding hydrogens is 327 g/mol. The number of hydrogen-bond acceptors (Lipinski definition) is 4. The Labute approximate surface area is 143 Å². The predicted octanol–water partition coefficient (Wildman–Crippen LogP) is 2.91. The molecule has 1 atom stereocenters. The van der Waals surface area contributed by atoms with E-state index in [4.69, 9.17) is 9.47 Å². The number of ether oxygens (including phenoxy) is 2. The first-order valence-corrected chi connectivity index (χ1v) is 7.63. The maximum atomic E-state index is 13.4. The molecule has 0 radical (unpaired) electrons. The van der Waals surface area contributed by atoms with E-state index in [1.54, 1.807) is 18.2 Å². The van der Waals surface area contributed by atoms with Gasteiger partial charge in [-0.1, -0.05) is 6.07 Å². The largest absolute Gasteiger partial charge is 0.497 e. The highest BCUT2D eigenvalue weighted by Crippen LogP contribution is 2.34. The monoisotopic (exact) mass is 344 g/mol. The summed E-state index contributed by atoms with van der Waals surface area (Å²) in [6.07, 6.45) is -0.00836. The molecule has 2 aromatic rings.